The molecule has 0 saturated carbocycles. The Morgan fingerprint density at radius 3 is 2.24 bits per heavy atom. The van der Waals surface area contributed by atoms with Crippen molar-refractivity contribution in [1.29, 1.82) is 0 Å². The summed E-state index contributed by atoms with van der Waals surface area (Å²) in [6, 6.07) is 6.73. The molecule has 0 saturated heterocycles. The van der Waals surface area contributed by atoms with Crippen LogP contribution in [-0.2, 0) is 25.7 Å². The summed E-state index contributed by atoms with van der Waals surface area (Å²) in [5.74, 6) is -1.84. The molecule has 0 heterocycles. The maximum absolute atomic E-state index is 13.2. The van der Waals surface area contributed by atoms with Crippen LogP contribution in [0.5, 0.6) is 0 Å². The summed E-state index contributed by atoms with van der Waals surface area (Å²) in [6.45, 7) is 8.65. The Balaban J connectivity index is 2.84. The smallest absolute Gasteiger partial charge is 0.426 e. The van der Waals surface area contributed by atoms with Gasteiger partial charge in [-0.05, 0) is 51.5 Å². The lowest BCUT2D eigenvalue weighted by Crippen LogP contribution is -2.56. The maximum Gasteiger partial charge on any atom is 0.426 e. The number of nitrogens with zero attached hydrogens (tertiary/aromatic N) is 2. The van der Waals surface area contributed by atoms with Crippen LogP contribution in [0.25, 0.3) is 0 Å². The lowest BCUT2D eigenvalue weighted by atomic mass is 10.0. The fourth-order valence-electron chi connectivity index (χ4n) is 3.28. The largest absolute Gasteiger partial charge is 0.444 e. The number of hydrogen-bond donors (Lipinski definition) is 6. The number of alkyl carbamates (subject to hydrolysis) is 1. The predicted molar refractivity (Wildman–Crippen MR) is 148 cm³/mol. The monoisotopic (exact) mass is 580 g/mol. The zero-order valence-corrected chi connectivity index (χ0v) is 23.9. The topological polar surface area (TPSA) is 228 Å². The molecular weight excluding hydrogens is 540 g/mol. The molecule has 7 N–H and O–H groups in total. The van der Waals surface area contributed by atoms with Gasteiger partial charge in [0.05, 0.1) is 0 Å². The van der Waals surface area contributed by atoms with E-state index < -0.39 is 52.7 Å². The number of hydrogen-bond acceptors (Lipinski definition) is 9. The summed E-state index contributed by atoms with van der Waals surface area (Å²) in [7, 11) is 0. The number of ether oxygens (including phenoxy) is 2. The highest BCUT2D eigenvalue weighted by atomic mass is 16.7. The van der Waals surface area contributed by atoms with Gasteiger partial charge in [-0.1, -0.05) is 49.6 Å². The first-order chi connectivity index (χ1) is 19.2. The molecule has 4 amide bonds. The minimum Gasteiger partial charge on any atom is -0.444 e. The van der Waals surface area contributed by atoms with Crippen molar-refractivity contribution < 1.29 is 33.7 Å². The number of carbonyl (C=O) groups is 4. The molecule has 1 aromatic carbocycles. The second-order valence-electron chi connectivity index (χ2n) is 10.3. The van der Waals surface area contributed by atoms with Gasteiger partial charge in [0.15, 0.2) is 5.03 Å². The summed E-state index contributed by atoms with van der Waals surface area (Å²) >= 11 is 0. The summed E-state index contributed by atoms with van der Waals surface area (Å²) in [4.78, 5) is 64.7. The van der Waals surface area contributed by atoms with Crippen molar-refractivity contribution in [3.8, 4) is 0 Å². The molecule has 0 aliphatic heterocycles. The molecule has 228 valence electrons. The Hall–Kier alpha value is -4.63. The summed E-state index contributed by atoms with van der Waals surface area (Å²) in [6.07, 6.45) is -1.30. The van der Waals surface area contributed by atoms with Crippen LogP contribution in [0.1, 0.15) is 59.4 Å². The lowest BCUT2D eigenvalue weighted by molar-refractivity contribution is -0.525. The van der Waals surface area contributed by atoms with Gasteiger partial charge in [0, 0.05) is 6.54 Å². The molecule has 16 heteroatoms. The SMILES string of the molecule is CC(C)C[C@H](NC(=O)[C@H](CCCN=C(N)N[N+](=O)[O-])NC(=O)OC(C)(C)C)C(=O)NNC(=O)OCc1ccccc1. The van der Waals surface area contributed by atoms with E-state index in [0.29, 0.717) is 0 Å². The molecule has 0 aliphatic rings. The highest BCUT2D eigenvalue weighted by Crippen LogP contribution is 2.10. The van der Waals surface area contributed by atoms with Crippen LogP contribution in [-0.4, -0.2) is 59.2 Å². The Labute approximate surface area is 238 Å². The van der Waals surface area contributed by atoms with Gasteiger partial charge in [-0.15, -0.1) is 0 Å². The third kappa shape index (κ3) is 16.2. The molecule has 0 bridgehead atoms. The molecule has 0 aliphatic carbocycles. The molecule has 0 unspecified atom stereocenters. The lowest BCUT2D eigenvalue weighted by Gasteiger charge is -2.25. The number of amides is 4. The van der Waals surface area contributed by atoms with Crippen LogP contribution >= 0.6 is 0 Å². The number of benzene rings is 1. The zero-order valence-electron chi connectivity index (χ0n) is 23.9. The van der Waals surface area contributed by atoms with Gasteiger partial charge in [0.1, 0.15) is 24.3 Å². The summed E-state index contributed by atoms with van der Waals surface area (Å²) in [5, 5.41) is 14.7. The van der Waals surface area contributed by atoms with Crippen molar-refractivity contribution >= 4 is 30.0 Å². The average Bonchev–Trinajstić information content (AvgIpc) is 2.86. The van der Waals surface area contributed by atoms with Crippen LogP contribution in [0.2, 0.25) is 0 Å². The number of rotatable bonds is 13. The second kappa shape index (κ2) is 17.1. The first kappa shape index (κ1) is 34.4. The fourth-order valence-corrected chi connectivity index (χ4v) is 3.28. The van der Waals surface area contributed by atoms with E-state index in [4.69, 9.17) is 15.2 Å². The maximum atomic E-state index is 13.2. The number of carbonyl (C=O) groups excluding carboxylic acids is 4. The zero-order chi connectivity index (χ0) is 31.0. The fraction of sp³-hybridized carbons (Fsp3) is 0.560. The molecule has 0 fully saturated rings. The van der Waals surface area contributed by atoms with Crippen molar-refractivity contribution in [1.82, 2.24) is 26.9 Å². The van der Waals surface area contributed by atoms with E-state index in [-0.39, 0.29) is 38.3 Å². The van der Waals surface area contributed by atoms with Gasteiger partial charge in [-0.3, -0.25) is 15.0 Å². The van der Waals surface area contributed by atoms with Crippen LogP contribution in [0.4, 0.5) is 9.59 Å². The Morgan fingerprint density at radius 2 is 1.66 bits per heavy atom. The molecule has 0 spiro atoms. The number of nitrogens with two attached hydrogens (primary N) is 1. The van der Waals surface area contributed by atoms with Gasteiger partial charge in [0.2, 0.25) is 5.91 Å². The molecule has 1 aromatic rings. The minimum absolute atomic E-state index is 0.00942. The standard InChI is InChI=1S/C25H40N8O8/c1-16(2)14-19(21(35)30-31-24(37)40-15-17-10-7-6-8-11-17)28-20(34)18(29-23(36)41-25(3,4)5)12-9-13-27-22(26)32-33(38)39/h6-8,10-11,16,18-19H,9,12-15H2,1-5H3,(H,28,34)(H,29,36)(H,30,35)(H,31,37)(H3,26,27,32)/t18-,19-/m0/s1. The van der Waals surface area contributed by atoms with Gasteiger partial charge < -0.3 is 25.8 Å². The van der Waals surface area contributed by atoms with Crippen LogP contribution in [0, 0.1) is 16.0 Å². The molecule has 0 radical (unpaired) electrons. The van der Waals surface area contributed by atoms with Crippen molar-refractivity contribution in [2.45, 2.75) is 78.2 Å². The highest BCUT2D eigenvalue weighted by molar-refractivity contribution is 5.91. The third-order valence-corrected chi connectivity index (χ3v) is 4.99. The number of guanidine groups is 1. The van der Waals surface area contributed by atoms with Gasteiger partial charge >= 0.3 is 12.2 Å². The molecule has 2 atom stereocenters. The minimum atomic E-state index is -1.14. The van der Waals surface area contributed by atoms with Crippen LogP contribution in [0.3, 0.4) is 0 Å². The van der Waals surface area contributed by atoms with Gasteiger partial charge in [-0.2, -0.15) is 0 Å². The third-order valence-electron chi connectivity index (χ3n) is 4.99. The van der Waals surface area contributed by atoms with E-state index in [1.165, 1.54) is 0 Å². The van der Waals surface area contributed by atoms with Gasteiger partial charge in [-0.25, -0.2) is 30.1 Å². The van der Waals surface area contributed by atoms with Gasteiger partial charge in [0.25, 0.3) is 11.9 Å². The molecule has 0 aromatic heterocycles. The second-order valence-corrected chi connectivity index (χ2v) is 10.3. The number of aliphatic imine (C=N–C) groups is 1. The van der Waals surface area contributed by atoms with E-state index in [0.717, 1.165) is 5.56 Å². The first-order valence-corrected chi connectivity index (χ1v) is 12.9. The number of nitrogens with one attached hydrogen (secondary N) is 5. The van der Waals surface area contributed by atoms with E-state index in [1.807, 2.05) is 19.9 Å². The predicted octanol–water partition coefficient (Wildman–Crippen LogP) is 1.24. The van der Waals surface area contributed by atoms with E-state index in [1.54, 1.807) is 50.5 Å². The Kier molecular flexibility index (Phi) is 14.4. The number of nitro groups is 1. The quantitative estimate of drug-likeness (QED) is 0.0643. The van der Waals surface area contributed by atoms with E-state index >= 15 is 0 Å². The van der Waals surface area contributed by atoms with Crippen LogP contribution in [0.15, 0.2) is 35.3 Å². The van der Waals surface area contributed by atoms with Crippen molar-refractivity contribution in [2.24, 2.45) is 16.6 Å². The van der Waals surface area contributed by atoms with E-state index in [9.17, 15) is 29.3 Å². The van der Waals surface area contributed by atoms with Crippen molar-refractivity contribution in [3.05, 3.63) is 46.0 Å². The molecule has 16 nitrogen and oxygen atoms in total. The molecule has 1 rings (SSSR count). The highest BCUT2D eigenvalue weighted by Gasteiger charge is 2.29. The molecular formula is C25H40N8O8. The first-order valence-electron chi connectivity index (χ1n) is 12.9. The Bertz CT molecular complexity index is 1060. The summed E-state index contributed by atoms with van der Waals surface area (Å²) in [5.41, 5.74) is 11.4. The Morgan fingerprint density at radius 1 is 1.00 bits per heavy atom. The van der Waals surface area contributed by atoms with E-state index in [2.05, 4.69) is 26.5 Å². The van der Waals surface area contributed by atoms with Crippen molar-refractivity contribution in [3.63, 3.8) is 0 Å². The van der Waals surface area contributed by atoms with Crippen molar-refractivity contribution in [2.75, 3.05) is 6.54 Å². The summed E-state index contributed by atoms with van der Waals surface area (Å²) < 4.78 is 10.3. The molecule has 41 heavy (non-hydrogen) atoms. The van der Waals surface area contributed by atoms with Crippen LogP contribution < -0.4 is 32.6 Å². The average molecular weight is 581 g/mol. The number of hydrazine groups is 2. The normalized spacial score (nSPS) is 12.9.